The lowest BCUT2D eigenvalue weighted by Crippen LogP contribution is -2.21. The molecule has 0 aliphatic heterocycles. The Morgan fingerprint density at radius 3 is 2.52 bits per heavy atom. The van der Waals surface area contributed by atoms with Crippen molar-refractivity contribution < 1.29 is 29.7 Å². The molecule has 5 N–H and O–H groups in total. The third kappa shape index (κ3) is 4.69. The number of benzene rings is 1. The maximum absolute atomic E-state index is 11.1. The molecule has 0 spiro atoms. The average Bonchev–Trinajstić information content (AvgIpc) is 2.40. The van der Waals surface area contributed by atoms with Crippen molar-refractivity contribution in [2.24, 2.45) is 10.7 Å². The summed E-state index contributed by atoms with van der Waals surface area (Å²) in [5.41, 5.74) is 0.731. The van der Waals surface area contributed by atoms with Gasteiger partial charge in [0, 0.05) is 12.2 Å². The van der Waals surface area contributed by atoms with Crippen LogP contribution in [0, 0.1) is 5.92 Å². The first-order chi connectivity index (χ1) is 10.7. The zero-order chi connectivity index (χ0) is 17.2. The molecule has 0 saturated carbocycles. The lowest BCUT2D eigenvalue weighted by molar-refractivity contribution is 0.336. The number of aliphatic hydroxyl groups is 2. The van der Waals surface area contributed by atoms with Crippen LogP contribution in [-0.2, 0) is 4.57 Å². The van der Waals surface area contributed by atoms with Crippen LogP contribution in [0.1, 0.15) is 24.8 Å². The molecule has 2 rings (SSSR count). The standard InChI is InChI=1S/C15H18NO6P/c1-9(10-3-2-4-11(17)6-10)5-13-14(16-23(20,21)22)7-12(18)8-15(13)19/h2-4,6-9,13,17-19H,5H2,1H3,(H2,20,21,22). The Balaban J connectivity index is 2.30. The van der Waals surface area contributed by atoms with Crippen LogP contribution < -0.4 is 0 Å². The summed E-state index contributed by atoms with van der Waals surface area (Å²) in [4.78, 5) is 18.1. The van der Waals surface area contributed by atoms with Crippen molar-refractivity contribution in [3.63, 3.8) is 0 Å². The number of aliphatic hydroxyl groups excluding tert-OH is 2. The van der Waals surface area contributed by atoms with Crippen molar-refractivity contribution >= 4 is 13.5 Å². The number of phenols is 1. The second-order valence-electron chi connectivity index (χ2n) is 5.46. The smallest absolute Gasteiger partial charge is 0.448 e. The summed E-state index contributed by atoms with van der Waals surface area (Å²) in [5, 5.41) is 29.1. The first kappa shape index (κ1) is 17.3. The summed E-state index contributed by atoms with van der Waals surface area (Å²) in [6.45, 7) is 1.86. The Morgan fingerprint density at radius 2 is 1.91 bits per heavy atom. The van der Waals surface area contributed by atoms with Gasteiger partial charge in [-0.15, -0.1) is 0 Å². The number of hydrogen-bond donors (Lipinski definition) is 5. The molecular formula is C15H18NO6P. The Morgan fingerprint density at radius 1 is 1.22 bits per heavy atom. The van der Waals surface area contributed by atoms with E-state index in [4.69, 9.17) is 9.79 Å². The molecule has 1 aliphatic rings. The van der Waals surface area contributed by atoms with Gasteiger partial charge in [0.25, 0.3) is 0 Å². The zero-order valence-electron chi connectivity index (χ0n) is 12.4. The number of phenolic OH excluding ortho intramolecular Hbond substituents is 1. The predicted molar refractivity (Wildman–Crippen MR) is 85.5 cm³/mol. The first-order valence-corrected chi connectivity index (χ1v) is 8.48. The molecule has 0 heterocycles. The van der Waals surface area contributed by atoms with Crippen molar-refractivity contribution in [2.75, 3.05) is 0 Å². The molecule has 0 aromatic heterocycles. The van der Waals surface area contributed by atoms with Crippen molar-refractivity contribution in [1.82, 2.24) is 0 Å². The fourth-order valence-corrected chi connectivity index (χ4v) is 3.01. The molecule has 0 radical (unpaired) electrons. The van der Waals surface area contributed by atoms with Gasteiger partial charge in [-0.2, -0.15) is 4.76 Å². The van der Waals surface area contributed by atoms with E-state index in [1.807, 2.05) is 6.92 Å². The summed E-state index contributed by atoms with van der Waals surface area (Å²) < 4.78 is 14.4. The molecular weight excluding hydrogens is 321 g/mol. The molecule has 2 unspecified atom stereocenters. The number of rotatable bonds is 4. The van der Waals surface area contributed by atoms with Gasteiger partial charge in [-0.05, 0) is 30.0 Å². The highest BCUT2D eigenvalue weighted by Crippen LogP contribution is 2.40. The molecule has 2 atom stereocenters. The molecule has 0 fully saturated rings. The van der Waals surface area contributed by atoms with E-state index >= 15 is 0 Å². The fraction of sp³-hybridized carbons (Fsp3) is 0.267. The molecule has 1 aromatic carbocycles. The third-order valence-electron chi connectivity index (χ3n) is 3.58. The van der Waals surface area contributed by atoms with Crippen LogP contribution in [0.3, 0.4) is 0 Å². The van der Waals surface area contributed by atoms with Crippen molar-refractivity contribution in [1.29, 1.82) is 0 Å². The van der Waals surface area contributed by atoms with E-state index in [-0.39, 0.29) is 28.9 Å². The number of allylic oxidation sites excluding steroid dienone is 3. The summed E-state index contributed by atoms with van der Waals surface area (Å²) in [5.74, 6) is -1.31. The molecule has 124 valence electrons. The van der Waals surface area contributed by atoms with Crippen LogP contribution in [0.15, 0.2) is 52.7 Å². The number of nitrogens with zero attached hydrogens (tertiary/aromatic N) is 1. The van der Waals surface area contributed by atoms with Gasteiger partial charge >= 0.3 is 7.75 Å². The average molecular weight is 339 g/mol. The lowest BCUT2D eigenvalue weighted by atomic mass is 9.84. The van der Waals surface area contributed by atoms with Gasteiger partial charge in [-0.3, -0.25) is 0 Å². The number of aromatic hydroxyl groups is 1. The van der Waals surface area contributed by atoms with Crippen LogP contribution in [0.25, 0.3) is 0 Å². The molecule has 7 nitrogen and oxygen atoms in total. The van der Waals surface area contributed by atoms with Gasteiger partial charge in [0.1, 0.15) is 17.3 Å². The molecule has 1 aromatic rings. The van der Waals surface area contributed by atoms with E-state index in [0.29, 0.717) is 6.42 Å². The lowest BCUT2D eigenvalue weighted by Gasteiger charge is -2.24. The summed E-state index contributed by atoms with van der Waals surface area (Å²) in [6, 6.07) is 6.62. The van der Waals surface area contributed by atoms with E-state index in [2.05, 4.69) is 4.76 Å². The minimum Gasteiger partial charge on any atom is -0.511 e. The summed E-state index contributed by atoms with van der Waals surface area (Å²) in [7, 11) is -4.69. The monoisotopic (exact) mass is 339 g/mol. The third-order valence-corrected chi connectivity index (χ3v) is 4.07. The Bertz CT molecular complexity index is 733. The molecule has 0 saturated heterocycles. The molecule has 0 amide bonds. The highest BCUT2D eigenvalue weighted by Gasteiger charge is 2.28. The largest absolute Gasteiger partial charge is 0.511 e. The zero-order valence-corrected chi connectivity index (χ0v) is 13.3. The second-order valence-corrected chi connectivity index (χ2v) is 6.69. The van der Waals surface area contributed by atoms with E-state index in [1.54, 1.807) is 18.2 Å². The quantitative estimate of drug-likeness (QED) is 0.536. The van der Waals surface area contributed by atoms with Crippen molar-refractivity contribution in [2.45, 2.75) is 19.3 Å². The fourth-order valence-electron chi connectivity index (χ4n) is 2.51. The van der Waals surface area contributed by atoms with Gasteiger partial charge in [0.15, 0.2) is 0 Å². The first-order valence-electron chi connectivity index (χ1n) is 6.91. The van der Waals surface area contributed by atoms with Crippen LogP contribution >= 0.6 is 7.75 Å². The number of hydrogen-bond acceptors (Lipinski definition) is 4. The Labute approximate surface area is 133 Å². The van der Waals surface area contributed by atoms with E-state index < -0.39 is 13.7 Å². The SMILES string of the molecule is CC(CC1C(O)=CC(O)=CC1=NP(=O)(O)O)c1cccc(O)c1. The molecule has 1 aliphatic carbocycles. The maximum atomic E-state index is 11.1. The van der Waals surface area contributed by atoms with Crippen LogP contribution in [0.2, 0.25) is 0 Å². The van der Waals surface area contributed by atoms with Crippen molar-refractivity contribution in [3.05, 3.63) is 53.5 Å². The minimum atomic E-state index is -4.69. The van der Waals surface area contributed by atoms with Gasteiger partial charge in [-0.25, -0.2) is 4.57 Å². The van der Waals surface area contributed by atoms with Crippen LogP contribution in [0.5, 0.6) is 5.75 Å². The minimum absolute atomic E-state index is 0.0807. The highest BCUT2D eigenvalue weighted by atomic mass is 31.2. The van der Waals surface area contributed by atoms with E-state index in [9.17, 15) is 19.9 Å². The van der Waals surface area contributed by atoms with Gasteiger partial charge in [-0.1, -0.05) is 19.1 Å². The highest BCUT2D eigenvalue weighted by molar-refractivity contribution is 7.50. The maximum Gasteiger partial charge on any atom is 0.448 e. The van der Waals surface area contributed by atoms with E-state index in [1.165, 1.54) is 6.07 Å². The Hall–Kier alpha value is -2.08. The van der Waals surface area contributed by atoms with Gasteiger partial charge < -0.3 is 25.1 Å². The second kappa shape index (κ2) is 6.58. The molecule has 0 bridgehead atoms. The molecule has 23 heavy (non-hydrogen) atoms. The molecule has 8 heteroatoms. The van der Waals surface area contributed by atoms with Gasteiger partial charge in [0.2, 0.25) is 0 Å². The van der Waals surface area contributed by atoms with E-state index in [0.717, 1.165) is 17.7 Å². The summed E-state index contributed by atoms with van der Waals surface area (Å²) in [6.07, 6.45) is 2.55. The van der Waals surface area contributed by atoms with Crippen LogP contribution in [-0.4, -0.2) is 30.8 Å². The van der Waals surface area contributed by atoms with Gasteiger partial charge in [0.05, 0.1) is 11.6 Å². The topological polar surface area (TPSA) is 131 Å². The normalized spacial score (nSPS) is 21.7. The summed E-state index contributed by atoms with van der Waals surface area (Å²) >= 11 is 0. The predicted octanol–water partition coefficient (Wildman–Crippen LogP) is 2.93. The van der Waals surface area contributed by atoms with Crippen molar-refractivity contribution in [3.8, 4) is 5.75 Å². The Kier molecular flexibility index (Phi) is 4.94. The van der Waals surface area contributed by atoms with Crippen LogP contribution in [0.4, 0.5) is 0 Å².